The molecule has 0 bridgehead atoms. The van der Waals surface area contributed by atoms with Gasteiger partial charge in [0, 0.05) is 45.5 Å². The predicted molar refractivity (Wildman–Crippen MR) is 66.8 cm³/mol. The molecule has 0 aromatic carbocycles. The van der Waals surface area contributed by atoms with Gasteiger partial charge in [-0.1, -0.05) is 6.07 Å². The number of nitrogens with zero attached hydrogens (tertiary/aromatic N) is 3. The molecular weight excluding hydrogens is 200 g/mol. The van der Waals surface area contributed by atoms with Gasteiger partial charge in [0.25, 0.3) is 0 Å². The van der Waals surface area contributed by atoms with Gasteiger partial charge < -0.3 is 15.1 Å². The predicted octanol–water partition coefficient (Wildman–Crippen LogP) is 0.421. The third-order valence-corrected chi connectivity index (χ3v) is 2.99. The number of likely N-dealkylation sites (N-methyl/N-ethyl adjacent to an activating group) is 2. The van der Waals surface area contributed by atoms with Gasteiger partial charge in [-0.15, -0.1) is 0 Å². The van der Waals surface area contributed by atoms with E-state index in [1.165, 1.54) is 0 Å². The second kappa shape index (κ2) is 5.27. The van der Waals surface area contributed by atoms with E-state index in [-0.39, 0.29) is 0 Å². The lowest BCUT2D eigenvalue weighted by molar-refractivity contribution is 0.241. The van der Waals surface area contributed by atoms with Crippen LogP contribution in [0.15, 0.2) is 24.4 Å². The number of hydrogen-bond donors (Lipinski definition) is 1. The summed E-state index contributed by atoms with van der Waals surface area (Å²) in [7, 11) is 4.27. The highest BCUT2D eigenvalue weighted by Crippen LogP contribution is 2.08. The molecule has 4 nitrogen and oxygen atoms in total. The van der Waals surface area contributed by atoms with Crippen LogP contribution >= 0.6 is 0 Å². The minimum Gasteiger partial charge on any atom is -0.358 e. The zero-order valence-electron chi connectivity index (χ0n) is 10.1. The Labute approximate surface area is 97.3 Å². The lowest BCUT2D eigenvalue weighted by Gasteiger charge is -2.33. The first-order chi connectivity index (χ1) is 7.75. The Kier molecular flexibility index (Phi) is 3.74. The first kappa shape index (κ1) is 11.4. The van der Waals surface area contributed by atoms with E-state index in [0.29, 0.717) is 6.04 Å². The van der Waals surface area contributed by atoms with Crippen LogP contribution in [0.3, 0.4) is 0 Å². The largest absolute Gasteiger partial charge is 0.358 e. The fraction of sp³-hybridized carbons (Fsp3) is 0.583. The van der Waals surface area contributed by atoms with Crippen LogP contribution in [0.25, 0.3) is 0 Å². The van der Waals surface area contributed by atoms with Gasteiger partial charge in [-0.05, 0) is 19.2 Å². The SMILES string of the molecule is CN1CCNC(CN(C)c2ccccn2)C1. The summed E-state index contributed by atoms with van der Waals surface area (Å²) in [5, 5.41) is 3.54. The molecule has 0 amide bonds. The minimum atomic E-state index is 0.533. The zero-order valence-corrected chi connectivity index (χ0v) is 10.1. The Morgan fingerprint density at radius 2 is 2.44 bits per heavy atom. The first-order valence-corrected chi connectivity index (χ1v) is 5.80. The highest BCUT2D eigenvalue weighted by molar-refractivity contribution is 5.36. The van der Waals surface area contributed by atoms with Crippen molar-refractivity contribution in [3.63, 3.8) is 0 Å². The lowest BCUT2D eigenvalue weighted by atomic mass is 10.2. The molecule has 1 unspecified atom stereocenters. The molecule has 2 heterocycles. The van der Waals surface area contributed by atoms with Gasteiger partial charge in [0.1, 0.15) is 5.82 Å². The molecular formula is C12H20N4. The van der Waals surface area contributed by atoms with Crippen LogP contribution in [0, 0.1) is 0 Å². The summed E-state index contributed by atoms with van der Waals surface area (Å²) in [6.07, 6.45) is 1.84. The molecule has 88 valence electrons. The van der Waals surface area contributed by atoms with Gasteiger partial charge in [-0.2, -0.15) is 0 Å². The van der Waals surface area contributed by atoms with Crippen molar-refractivity contribution >= 4 is 5.82 Å². The number of aromatic nitrogens is 1. The van der Waals surface area contributed by atoms with E-state index in [1.807, 2.05) is 24.4 Å². The van der Waals surface area contributed by atoms with E-state index < -0.39 is 0 Å². The Morgan fingerprint density at radius 3 is 3.12 bits per heavy atom. The third-order valence-electron chi connectivity index (χ3n) is 2.99. The second-order valence-corrected chi connectivity index (χ2v) is 4.48. The maximum atomic E-state index is 4.35. The Hall–Kier alpha value is -1.13. The van der Waals surface area contributed by atoms with Crippen LogP contribution in [0.4, 0.5) is 5.82 Å². The molecule has 0 aliphatic carbocycles. The normalized spacial score (nSPS) is 22.0. The smallest absolute Gasteiger partial charge is 0.128 e. The molecule has 2 rings (SSSR count). The van der Waals surface area contributed by atoms with Gasteiger partial charge in [-0.3, -0.25) is 0 Å². The minimum absolute atomic E-state index is 0.533. The van der Waals surface area contributed by atoms with Gasteiger partial charge in [-0.25, -0.2) is 4.98 Å². The molecule has 1 aliphatic heterocycles. The van der Waals surface area contributed by atoms with E-state index in [4.69, 9.17) is 0 Å². The summed E-state index contributed by atoms with van der Waals surface area (Å²) in [6, 6.07) is 6.56. The van der Waals surface area contributed by atoms with Crippen molar-refractivity contribution in [2.75, 3.05) is 45.2 Å². The van der Waals surface area contributed by atoms with Crippen LogP contribution in [0.5, 0.6) is 0 Å². The van der Waals surface area contributed by atoms with E-state index in [2.05, 4.69) is 34.2 Å². The quantitative estimate of drug-likeness (QED) is 0.800. The summed E-state index contributed by atoms with van der Waals surface area (Å²) < 4.78 is 0. The van der Waals surface area contributed by atoms with Crippen molar-refractivity contribution in [2.45, 2.75) is 6.04 Å². The number of pyridine rings is 1. The molecule has 4 heteroatoms. The van der Waals surface area contributed by atoms with Crippen molar-refractivity contribution in [3.05, 3.63) is 24.4 Å². The summed E-state index contributed by atoms with van der Waals surface area (Å²) in [5.74, 6) is 1.04. The maximum absolute atomic E-state index is 4.35. The average Bonchev–Trinajstić information content (AvgIpc) is 2.30. The van der Waals surface area contributed by atoms with Gasteiger partial charge in [0.05, 0.1) is 0 Å². The van der Waals surface area contributed by atoms with Crippen LogP contribution in [0.1, 0.15) is 0 Å². The number of rotatable bonds is 3. The maximum Gasteiger partial charge on any atom is 0.128 e. The topological polar surface area (TPSA) is 31.4 Å². The number of nitrogens with one attached hydrogen (secondary N) is 1. The zero-order chi connectivity index (χ0) is 11.4. The molecule has 16 heavy (non-hydrogen) atoms. The van der Waals surface area contributed by atoms with Crippen LogP contribution < -0.4 is 10.2 Å². The summed E-state index contributed by atoms with van der Waals surface area (Å²) >= 11 is 0. The number of piperazine rings is 1. The Bertz CT molecular complexity index is 314. The van der Waals surface area contributed by atoms with E-state index in [0.717, 1.165) is 32.0 Å². The van der Waals surface area contributed by atoms with Gasteiger partial charge in [0.15, 0.2) is 0 Å². The van der Waals surface area contributed by atoms with Crippen molar-refractivity contribution in [1.29, 1.82) is 0 Å². The van der Waals surface area contributed by atoms with Crippen LogP contribution in [-0.2, 0) is 0 Å². The number of anilines is 1. The Balaban J connectivity index is 1.89. The molecule has 1 saturated heterocycles. The van der Waals surface area contributed by atoms with Gasteiger partial charge >= 0.3 is 0 Å². The molecule has 0 spiro atoms. The van der Waals surface area contributed by atoms with Crippen LogP contribution in [0.2, 0.25) is 0 Å². The third kappa shape index (κ3) is 2.93. The van der Waals surface area contributed by atoms with Crippen molar-refractivity contribution in [2.24, 2.45) is 0 Å². The molecule has 1 fully saturated rings. The van der Waals surface area contributed by atoms with E-state index >= 15 is 0 Å². The molecule has 1 aromatic rings. The van der Waals surface area contributed by atoms with E-state index in [9.17, 15) is 0 Å². The highest BCUT2D eigenvalue weighted by Gasteiger charge is 2.18. The molecule has 1 aromatic heterocycles. The summed E-state index contributed by atoms with van der Waals surface area (Å²) in [5.41, 5.74) is 0. The molecule has 1 N–H and O–H groups in total. The fourth-order valence-electron chi connectivity index (χ4n) is 2.12. The molecule has 1 atom stereocenters. The lowest BCUT2D eigenvalue weighted by Crippen LogP contribution is -2.53. The second-order valence-electron chi connectivity index (χ2n) is 4.48. The summed E-state index contributed by atoms with van der Waals surface area (Å²) in [4.78, 5) is 8.92. The standard InChI is InChI=1S/C12H20N4/c1-15-8-7-13-11(9-15)10-16(2)12-5-3-4-6-14-12/h3-6,11,13H,7-10H2,1-2H3. The fourth-order valence-corrected chi connectivity index (χ4v) is 2.12. The summed E-state index contributed by atoms with van der Waals surface area (Å²) in [6.45, 7) is 4.33. The monoisotopic (exact) mass is 220 g/mol. The first-order valence-electron chi connectivity index (χ1n) is 5.80. The van der Waals surface area contributed by atoms with Gasteiger partial charge in [0.2, 0.25) is 0 Å². The highest BCUT2D eigenvalue weighted by atomic mass is 15.2. The van der Waals surface area contributed by atoms with Crippen molar-refractivity contribution in [1.82, 2.24) is 15.2 Å². The van der Waals surface area contributed by atoms with Crippen molar-refractivity contribution in [3.8, 4) is 0 Å². The average molecular weight is 220 g/mol. The molecule has 0 radical (unpaired) electrons. The van der Waals surface area contributed by atoms with E-state index in [1.54, 1.807) is 0 Å². The molecule has 0 saturated carbocycles. The van der Waals surface area contributed by atoms with Crippen molar-refractivity contribution < 1.29 is 0 Å². The number of hydrogen-bond acceptors (Lipinski definition) is 4. The van der Waals surface area contributed by atoms with Crippen LogP contribution in [-0.4, -0.2) is 56.2 Å². The molecule has 1 aliphatic rings. The Morgan fingerprint density at radius 1 is 1.56 bits per heavy atom.